The van der Waals surface area contributed by atoms with Gasteiger partial charge in [0.15, 0.2) is 0 Å². The molecule has 0 unspecified atom stereocenters. The monoisotopic (exact) mass is 238 g/mol. The molecular formula is C12H15ClN2O. The fraction of sp³-hybridized carbons (Fsp3) is 0.250. The van der Waals surface area contributed by atoms with Crippen LogP contribution in [0.1, 0.15) is 30.5 Å². The van der Waals surface area contributed by atoms with E-state index in [0.717, 1.165) is 5.57 Å². The summed E-state index contributed by atoms with van der Waals surface area (Å²) < 4.78 is 0. The van der Waals surface area contributed by atoms with E-state index in [1.54, 1.807) is 18.2 Å². The molecule has 4 heteroatoms. The summed E-state index contributed by atoms with van der Waals surface area (Å²) in [5, 5.41) is 18.5. The van der Waals surface area contributed by atoms with Gasteiger partial charge in [-0.2, -0.15) is 5.26 Å². The second-order valence-corrected chi connectivity index (χ2v) is 3.62. The molecule has 0 saturated carbocycles. The summed E-state index contributed by atoms with van der Waals surface area (Å²) in [4.78, 5) is 0. The highest BCUT2D eigenvalue weighted by Gasteiger charge is 2.13. The molecule has 0 heterocycles. The van der Waals surface area contributed by atoms with Gasteiger partial charge in [-0.3, -0.25) is 0 Å². The molecule has 0 saturated heterocycles. The molecule has 0 fully saturated rings. The van der Waals surface area contributed by atoms with E-state index < -0.39 is 0 Å². The molecule has 3 nitrogen and oxygen atoms in total. The quantitative estimate of drug-likeness (QED) is 0.796. The Hall–Kier alpha value is -1.50. The Balaban J connectivity index is 0.00000225. The van der Waals surface area contributed by atoms with Gasteiger partial charge < -0.3 is 10.8 Å². The summed E-state index contributed by atoms with van der Waals surface area (Å²) in [6.07, 6.45) is 0.600. The summed E-state index contributed by atoms with van der Waals surface area (Å²) in [5.41, 5.74) is 7.69. The lowest BCUT2D eigenvalue weighted by molar-refractivity contribution is 0.459. The van der Waals surface area contributed by atoms with Gasteiger partial charge in [0.25, 0.3) is 0 Å². The zero-order valence-electron chi connectivity index (χ0n) is 9.10. The predicted molar refractivity (Wildman–Crippen MR) is 66.4 cm³/mol. The molecule has 1 rings (SSSR count). The number of aromatic hydroxyl groups is 1. The summed E-state index contributed by atoms with van der Waals surface area (Å²) in [6.45, 7) is 5.65. The topological polar surface area (TPSA) is 70.0 Å². The molecule has 1 aromatic rings. The van der Waals surface area contributed by atoms with E-state index in [0.29, 0.717) is 12.0 Å². The SMILES string of the molecule is C=C(C)C[C@H](N)c1cccc(C#N)c1O.Cl. The Bertz CT molecular complexity index is 424. The number of rotatable bonds is 3. The normalized spacial score (nSPS) is 11.1. The average molecular weight is 239 g/mol. The minimum absolute atomic E-state index is 0. The van der Waals surface area contributed by atoms with Gasteiger partial charge in [-0.05, 0) is 19.4 Å². The van der Waals surface area contributed by atoms with Crippen molar-refractivity contribution in [1.82, 2.24) is 0 Å². The van der Waals surface area contributed by atoms with Crippen LogP contribution in [0.5, 0.6) is 5.75 Å². The van der Waals surface area contributed by atoms with Crippen LogP contribution in [-0.2, 0) is 0 Å². The minimum atomic E-state index is -0.309. The van der Waals surface area contributed by atoms with Gasteiger partial charge in [-0.25, -0.2) is 0 Å². The van der Waals surface area contributed by atoms with Crippen LogP contribution >= 0.6 is 12.4 Å². The Morgan fingerprint density at radius 1 is 1.62 bits per heavy atom. The van der Waals surface area contributed by atoms with Crippen molar-refractivity contribution in [3.8, 4) is 11.8 Å². The van der Waals surface area contributed by atoms with Crippen molar-refractivity contribution in [2.45, 2.75) is 19.4 Å². The van der Waals surface area contributed by atoms with Gasteiger partial charge >= 0.3 is 0 Å². The van der Waals surface area contributed by atoms with Crippen molar-refractivity contribution in [1.29, 1.82) is 5.26 Å². The number of halogens is 1. The van der Waals surface area contributed by atoms with Crippen molar-refractivity contribution < 1.29 is 5.11 Å². The second-order valence-electron chi connectivity index (χ2n) is 3.62. The molecule has 3 N–H and O–H groups in total. The number of hydrogen-bond donors (Lipinski definition) is 2. The Kier molecular flexibility index (Phi) is 5.59. The Labute approximate surface area is 102 Å². The summed E-state index contributed by atoms with van der Waals surface area (Å²) in [5.74, 6) is -0.0197. The molecule has 0 aliphatic heterocycles. The number of nitriles is 1. The van der Waals surface area contributed by atoms with Crippen molar-refractivity contribution >= 4 is 12.4 Å². The van der Waals surface area contributed by atoms with E-state index in [1.165, 1.54) is 0 Å². The Morgan fingerprint density at radius 3 is 2.75 bits per heavy atom. The third-order valence-corrected chi connectivity index (χ3v) is 2.16. The number of para-hydroxylation sites is 1. The fourth-order valence-electron chi connectivity index (χ4n) is 1.44. The van der Waals surface area contributed by atoms with E-state index in [4.69, 9.17) is 11.0 Å². The maximum absolute atomic E-state index is 9.74. The van der Waals surface area contributed by atoms with Crippen LogP contribution in [0.4, 0.5) is 0 Å². The van der Waals surface area contributed by atoms with Crippen molar-refractivity contribution in [2.75, 3.05) is 0 Å². The molecule has 0 radical (unpaired) electrons. The molecule has 16 heavy (non-hydrogen) atoms. The Morgan fingerprint density at radius 2 is 2.25 bits per heavy atom. The van der Waals surface area contributed by atoms with Crippen LogP contribution in [0.3, 0.4) is 0 Å². The number of benzene rings is 1. The van der Waals surface area contributed by atoms with Crippen molar-refractivity contribution in [3.05, 3.63) is 41.5 Å². The van der Waals surface area contributed by atoms with Crippen LogP contribution in [-0.4, -0.2) is 5.11 Å². The molecular weight excluding hydrogens is 224 g/mol. The van der Waals surface area contributed by atoms with Gasteiger partial charge in [-0.15, -0.1) is 19.0 Å². The highest BCUT2D eigenvalue weighted by Crippen LogP contribution is 2.29. The van der Waals surface area contributed by atoms with E-state index in [9.17, 15) is 5.11 Å². The molecule has 1 atom stereocenters. The third-order valence-electron chi connectivity index (χ3n) is 2.16. The standard InChI is InChI=1S/C12H14N2O.ClH/c1-8(2)6-11(14)10-5-3-4-9(7-13)12(10)15;/h3-5,11,15H,1,6,14H2,2H3;1H/t11-;/m0./s1. The van der Waals surface area contributed by atoms with Gasteiger partial charge in [0.1, 0.15) is 11.8 Å². The highest BCUT2D eigenvalue weighted by molar-refractivity contribution is 5.85. The fourth-order valence-corrected chi connectivity index (χ4v) is 1.44. The lowest BCUT2D eigenvalue weighted by Crippen LogP contribution is -2.10. The first-order valence-corrected chi connectivity index (χ1v) is 4.68. The smallest absolute Gasteiger partial charge is 0.138 e. The van der Waals surface area contributed by atoms with Gasteiger partial charge in [0.2, 0.25) is 0 Å². The first-order chi connectivity index (χ1) is 7.06. The zero-order valence-corrected chi connectivity index (χ0v) is 9.92. The average Bonchev–Trinajstić information content (AvgIpc) is 2.17. The van der Waals surface area contributed by atoms with Crippen LogP contribution in [0.15, 0.2) is 30.4 Å². The largest absolute Gasteiger partial charge is 0.506 e. The van der Waals surface area contributed by atoms with E-state index >= 15 is 0 Å². The zero-order chi connectivity index (χ0) is 11.4. The van der Waals surface area contributed by atoms with Crippen LogP contribution in [0.2, 0.25) is 0 Å². The summed E-state index contributed by atoms with van der Waals surface area (Å²) >= 11 is 0. The number of hydrogen-bond acceptors (Lipinski definition) is 3. The van der Waals surface area contributed by atoms with E-state index in [-0.39, 0.29) is 29.8 Å². The van der Waals surface area contributed by atoms with Crippen LogP contribution in [0, 0.1) is 11.3 Å². The maximum Gasteiger partial charge on any atom is 0.138 e. The first kappa shape index (κ1) is 14.5. The number of nitrogens with two attached hydrogens (primary N) is 1. The minimum Gasteiger partial charge on any atom is -0.506 e. The molecule has 0 spiro atoms. The van der Waals surface area contributed by atoms with Gasteiger partial charge in [-0.1, -0.05) is 17.7 Å². The number of phenols is 1. The summed E-state index contributed by atoms with van der Waals surface area (Å²) in [6, 6.07) is 6.61. The molecule has 86 valence electrons. The molecule has 0 aliphatic rings. The second kappa shape index (κ2) is 6.16. The van der Waals surface area contributed by atoms with Gasteiger partial charge in [0, 0.05) is 11.6 Å². The highest BCUT2D eigenvalue weighted by atomic mass is 35.5. The number of nitrogens with zero attached hydrogens (tertiary/aromatic N) is 1. The van der Waals surface area contributed by atoms with Crippen molar-refractivity contribution in [2.24, 2.45) is 5.73 Å². The lowest BCUT2D eigenvalue weighted by atomic mass is 9.98. The molecule has 1 aromatic carbocycles. The third kappa shape index (κ3) is 3.27. The maximum atomic E-state index is 9.74. The van der Waals surface area contributed by atoms with Crippen LogP contribution < -0.4 is 5.73 Å². The molecule has 0 bridgehead atoms. The lowest BCUT2D eigenvalue weighted by Gasteiger charge is -2.13. The number of phenolic OH excluding ortho intramolecular Hbond substituents is 1. The summed E-state index contributed by atoms with van der Waals surface area (Å²) in [7, 11) is 0. The molecule has 0 aliphatic carbocycles. The van der Waals surface area contributed by atoms with E-state index in [2.05, 4.69) is 6.58 Å². The van der Waals surface area contributed by atoms with Gasteiger partial charge in [0.05, 0.1) is 5.56 Å². The molecule has 0 amide bonds. The van der Waals surface area contributed by atoms with Crippen LogP contribution in [0.25, 0.3) is 0 Å². The predicted octanol–water partition coefficient (Wildman–Crippen LogP) is 2.65. The van der Waals surface area contributed by atoms with E-state index in [1.807, 2.05) is 13.0 Å². The van der Waals surface area contributed by atoms with Crippen molar-refractivity contribution in [3.63, 3.8) is 0 Å². The molecule has 0 aromatic heterocycles. The first-order valence-electron chi connectivity index (χ1n) is 4.68.